The normalized spacial score (nSPS) is 14.3. The van der Waals surface area contributed by atoms with Gasteiger partial charge in [-0.3, -0.25) is 0 Å². The third kappa shape index (κ3) is 3.94. The van der Waals surface area contributed by atoms with Gasteiger partial charge in [0.05, 0.1) is 15.2 Å². The van der Waals surface area contributed by atoms with Crippen molar-refractivity contribution >= 4 is 38.9 Å². The fraction of sp³-hybridized carbons (Fsp3) is 0.500. The number of hydrogen-bond donors (Lipinski definition) is 1. The molecule has 1 N–H and O–H groups in total. The second-order valence-corrected chi connectivity index (χ2v) is 5.74. The number of thiophene rings is 1. The second-order valence-electron chi connectivity index (χ2n) is 2.93. The molecular formula is C8H8BrClF3NS. The highest BCUT2D eigenvalue weighted by Gasteiger charge is 2.32. The molecule has 0 bridgehead atoms. The summed E-state index contributed by atoms with van der Waals surface area (Å²) in [5.74, 6) is 0. The van der Waals surface area contributed by atoms with Crippen molar-refractivity contribution in [2.24, 2.45) is 0 Å². The summed E-state index contributed by atoms with van der Waals surface area (Å²) in [5.41, 5.74) is 0. The summed E-state index contributed by atoms with van der Waals surface area (Å²) < 4.78 is 37.3. The fourth-order valence-corrected chi connectivity index (χ4v) is 2.97. The van der Waals surface area contributed by atoms with Crippen molar-refractivity contribution in [1.29, 1.82) is 0 Å². The maximum Gasteiger partial charge on any atom is 0.390 e. The SMILES string of the molecule is CNC(CC(F)(F)F)c1cc(Cl)c(Br)s1. The number of rotatable bonds is 3. The van der Waals surface area contributed by atoms with Crippen LogP contribution in [0.25, 0.3) is 0 Å². The Labute approximate surface area is 103 Å². The summed E-state index contributed by atoms with van der Waals surface area (Å²) in [6, 6.07) is 0.808. The highest BCUT2D eigenvalue weighted by atomic mass is 79.9. The van der Waals surface area contributed by atoms with Crippen molar-refractivity contribution in [3.05, 3.63) is 19.8 Å². The molecule has 1 atom stereocenters. The third-order valence-corrected chi connectivity index (χ3v) is 4.38. The van der Waals surface area contributed by atoms with E-state index in [1.165, 1.54) is 18.4 Å². The number of nitrogens with one attached hydrogen (secondary N) is 1. The van der Waals surface area contributed by atoms with Crippen LogP contribution in [-0.2, 0) is 0 Å². The van der Waals surface area contributed by atoms with Crippen LogP contribution in [0.5, 0.6) is 0 Å². The van der Waals surface area contributed by atoms with Crippen LogP contribution in [0.15, 0.2) is 9.85 Å². The highest BCUT2D eigenvalue weighted by Crippen LogP contribution is 2.38. The van der Waals surface area contributed by atoms with Crippen LogP contribution >= 0.6 is 38.9 Å². The van der Waals surface area contributed by atoms with Gasteiger partial charge < -0.3 is 5.32 Å². The van der Waals surface area contributed by atoms with Gasteiger partial charge in [-0.05, 0) is 29.0 Å². The van der Waals surface area contributed by atoms with Gasteiger partial charge in [-0.25, -0.2) is 0 Å². The first-order valence-corrected chi connectivity index (χ1v) is 6.01. The average molecular weight is 323 g/mol. The van der Waals surface area contributed by atoms with Gasteiger partial charge in [0.15, 0.2) is 0 Å². The Hall–Kier alpha value is 0.220. The first-order valence-electron chi connectivity index (χ1n) is 4.02. The molecule has 0 aromatic carbocycles. The van der Waals surface area contributed by atoms with Gasteiger partial charge in [-0.2, -0.15) is 13.2 Å². The predicted octanol–water partition coefficient (Wildman–Crippen LogP) is 4.38. The molecule has 0 amide bonds. The van der Waals surface area contributed by atoms with Crippen molar-refractivity contribution in [1.82, 2.24) is 5.32 Å². The van der Waals surface area contributed by atoms with E-state index in [-0.39, 0.29) is 0 Å². The Morgan fingerprint density at radius 3 is 2.53 bits per heavy atom. The van der Waals surface area contributed by atoms with Gasteiger partial charge in [-0.15, -0.1) is 11.3 Å². The lowest BCUT2D eigenvalue weighted by molar-refractivity contribution is -0.140. The molecular weight excluding hydrogens is 315 g/mol. The van der Waals surface area contributed by atoms with E-state index in [1.807, 2.05) is 0 Å². The van der Waals surface area contributed by atoms with E-state index in [2.05, 4.69) is 21.2 Å². The van der Waals surface area contributed by atoms with E-state index in [0.29, 0.717) is 13.7 Å². The van der Waals surface area contributed by atoms with Gasteiger partial charge in [0.2, 0.25) is 0 Å². The molecule has 1 nitrogen and oxygen atoms in total. The Kier molecular flexibility index (Phi) is 4.46. The van der Waals surface area contributed by atoms with Crippen LogP contribution in [-0.4, -0.2) is 13.2 Å². The van der Waals surface area contributed by atoms with E-state index in [1.54, 1.807) is 6.07 Å². The molecule has 0 aliphatic carbocycles. The molecule has 0 saturated heterocycles. The van der Waals surface area contributed by atoms with Crippen LogP contribution < -0.4 is 5.32 Å². The molecule has 15 heavy (non-hydrogen) atoms. The Morgan fingerprint density at radius 2 is 2.20 bits per heavy atom. The lowest BCUT2D eigenvalue weighted by Crippen LogP contribution is -2.22. The van der Waals surface area contributed by atoms with Crippen LogP contribution in [0.4, 0.5) is 13.2 Å². The molecule has 1 aromatic heterocycles. The average Bonchev–Trinajstić information content (AvgIpc) is 2.41. The van der Waals surface area contributed by atoms with E-state index in [9.17, 15) is 13.2 Å². The molecule has 7 heteroatoms. The molecule has 1 rings (SSSR count). The minimum atomic E-state index is -4.18. The van der Waals surface area contributed by atoms with E-state index in [0.717, 1.165) is 0 Å². The minimum Gasteiger partial charge on any atom is -0.312 e. The molecule has 0 spiro atoms. The maximum atomic E-state index is 12.2. The second kappa shape index (κ2) is 5.03. The zero-order valence-electron chi connectivity index (χ0n) is 7.66. The zero-order chi connectivity index (χ0) is 11.6. The highest BCUT2D eigenvalue weighted by molar-refractivity contribution is 9.11. The third-order valence-electron chi connectivity index (χ3n) is 1.79. The quantitative estimate of drug-likeness (QED) is 0.871. The number of hydrogen-bond acceptors (Lipinski definition) is 2. The summed E-state index contributed by atoms with van der Waals surface area (Å²) in [5, 5.41) is 3.07. The molecule has 1 unspecified atom stereocenters. The van der Waals surface area contributed by atoms with Crippen molar-refractivity contribution in [2.75, 3.05) is 7.05 Å². The molecule has 0 aliphatic rings. The topological polar surface area (TPSA) is 12.0 Å². The van der Waals surface area contributed by atoms with Crippen LogP contribution in [0.3, 0.4) is 0 Å². The van der Waals surface area contributed by atoms with Crippen LogP contribution in [0, 0.1) is 0 Å². The summed E-state index contributed by atoms with van der Waals surface area (Å²) in [6.07, 6.45) is -5.08. The van der Waals surface area contributed by atoms with E-state index >= 15 is 0 Å². The minimum absolute atomic E-state index is 0.442. The molecule has 0 aliphatic heterocycles. The maximum absolute atomic E-state index is 12.2. The number of halogens is 5. The van der Waals surface area contributed by atoms with E-state index < -0.39 is 18.6 Å². The summed E-state index contributed by atoms with van der Waals surface area (Å²) in [6.45, 7) is 0. The van der Waals surface area contributed by atoms with Gasteiger partial charge >= 0.3 is 6.18 Å². The van der Waals surface area contributed by atoms with Crippen molar-refractivity contribution in [3.63, 3.8) is 0 Å². The Morgan fingerprint density at radius 1 is 1.60 bits per heavy atom. The largest absolute Gasteiger partial charge is 0.390 e. The van der Waals surface area contributed by atoms with Crippen LogP contribution in [0.1, 0.15) is 17.3 Å². The summed E-state index contributed by atoms with van der Waals surface area (Å²) >= 11 is 10.1. The van der Waals surface area contributed by atoms with Gasteiger partial charge in [0.25, 0.3) is 0 Å². The smallest absolute Gasteiger partial charge is 0.312 e. The van der Waals surface area contributed by atoms with Crippen molar-refractivity contribution < 1.29 is 13.2 Å². The van der Waals surface area contributed by atoms with Crippen molar-refractivity contribution in [2.45, 2.75) is 18.6 Å². The van der Waals surface area contributed by atoms with Gasteiger partial charge in [-0.1, -0.05) is 11.6 Å². The molecule has 0 saturated carbocycles. The molecule has 0 fully saturated rings. The zero-order valence-corrected chi connectivity index (χ0v) is 10.8. The predicted molar refractivity (Wildman–Crippen MR) is 59.5 cm³/mol. The summed E-state index contributed by atoms with van der Waals surface area (Å²) in [7, 11) is 1.50. The monoisotopic (exact) mass is 321 g/mol. The van der Waals surface area contributed by atoms with Gasteiger partial charge in [0, 0.05) is 10.9 Å². The first kappa shape index (κ1) is 13.3. The lowest BCUT2D eigenvalue weighted by atomic mass is 10.1. The molecule has 86 valence electrons. The summed E-state index contributed by atoms with van der Waals surface area (Å²) in [4.78, 5) is 0.576. The first-order chi connectivity index (χ1) is 6.83. The lowest BCUT2D eigenvalue weighted by Gasteiger charge is -2.16. The van der Waals surface area contributed by atoms with Gasteiger partial charge in [0.1, 0.15) is 0 Å². The molecule has 0 radical (unpaired) electrons. The number of alkyl halides is 3. The van der Waals surface area contributed by atoms with Crippen LogP contribution in [0.2, 0.25) is 5.02 Å². The van der Waals surface area contributed by atoms with E-state index in [4.69, 9.17) is 11.6 Å². The fourth-order valence-electron chi connectivity index (χ4n) is 1.11. The Bertz CT molecular complexity index is 320. The Balaban J connectivity index is 2.83. The molecule has 1 heterocycles. The standard InChI is InChI=1S/C8H8BrClF3NS/c1-14-5(3-8(11,12)13)6-2-4(10)7(9)15-6/h2,5,14H,3H2,1H3. The van der Waals surface area contributed by atoms with Crippen molar-refractivity contribution in [3.8, 4) is 0 Å². The molecule has 1 aromatic rings.